The second-order valence-electron chi connectivity index (χ2n) is 11.5. The minimum atomic E-state index is -1.11. The number of hydrogen-bond donors (Lipinski definition) is 4. The van der Waals surface area contributed by atoms with Crippen LogP contribution in [0.4, 0.5) is 4.39 Å². The van der Waals surface area contributed by atoms with Crippen molar-refractivity contribution in [2.45, 2.75) is 131 Å². The number of fused-ring (bicyclic) bond motifs is 3. The first kappa shape index (κ1) is 26.1. The molecular formula is C25H41ClFN3O4. The van der Waals surface area contributed by atoms with Crippen molar-refractivity contribution in [2.24, 2.45) is 5.92 Å². The molecule has 0 spiro atoms. The van der Waals surface area contributed by atoms with Gasteiger partial charge in [0.2, 0.25) is 11.8 Å². The van der Waals surface area contributed by atoms with Crippen molar-refractivity contribution in [1.82, 2.24) is 16.0 Å². The molecule has 1 aliphatic heterocycles. The molecule has 194 valence electrons. The van der Waals surface area contributed by atoms with E-state index in [4.69, 9.17) is 16.3 Å². The SMILES string of the molecule is CC(C)C1CCCC(C(=O)NC23CCC(NC(=O)COC4CCC(Cl)C(F)C4)(CC2)C(O)C3)N1. The van der Waals surface area contributed by atoms with Gasteiger partial charge in [-0.2, -0.15) is 0 Å². The highest BCUT2D eigenvalue weighted by atomic mass is 35.5. The Morgan fingerprint density at radius 1 is 1.15 bits per heavy atom. The summed E-state index contributed by atoms with van der Waals surface area (Å²) in [4.78, 5) is 25.7. The average Bonchev–Trinajstić information content (AvgIpc) is 2.81. The number of aliphatic hydroxyl groups is 1. The van der Waals surface area contributed by atoms with Crippen LogP contribution in [0.5, 0.6) is 0 Å². The molecule has 4 saturated carbocycles. The molecule has 2 bridgehead atoms. The van der Waals surface area contributed by atoms with E-state index < -0.39 is 28.7 Å². The van der Waals surface area contributed by atoms with Gasteiger partial charge in [-0.1, -0.05) is 13.8 Å². The molecule has 0 aromatic rings. The van der Waals surface area contributed by atoms with E-state index in [9.17, 15) is 19.1 Å². The van der Waals surface area contributed by atoms with Gasteiger partial charge >= 0.3 is 0 Å². The molecule has 7 nitrogen and oxygen atoms in total. The van der Waals surface area contributed by atoms with Gasteiger partial charge < -0.3 is 25.8 Å². The third-order valence-electron chi connectivity index (χ3n) is 8.74. The standard InChI is InChI=1S/C25H41ClFN3O4/c1-15(2)19-4-3-5-20(28-19)23(33)30-24-8-10-25(11-9-24,21(31)13-24)29-22(32)14-34-16-6-7-17(26)18(27)12-16/h15-21,28,31H,3-14H2,1-2H3,(H,29,32)(H,30,33). The number of hydrogen-bond acceptors (Lipinski definition) is 5. The molecule has 4 N–H and O–H groups in total. The highest BCUT2D eigenvalue weighted by Crippen LogP contribution is 2.47. The average molecular weight is 502 g/mol. The summed E-state index contributed by atoms with van der Waals surface area (Å²) in [6, 6.07) is 0.173. The fourth-order valence-electron chi connectivity index (χ4n) is 6.41. The second-order valence-corrected chi connectivity index (χ2v) is 12.0. The lowest BCUT2D eigenvalue weighted by Gasteiger charge is -2.56. The molecule has 2 amide bonds. The monoisotopic (exact) mass is 501 g/mol. The first-order valence-corrected chi connectivity index (χ1v) is 13.5. The van der Waals surface area contributed by atoms with E-state index in [1.165, 1.54) is 0 Å². The van der Waals surface area contributed by atoms with Crippen LogP contribution in [0.2, 0.25) is 0 Å². The van der Waals surface area contributed by atoms with E-state index in [0.29, 0.717) is 44.1 Å². The lowest BCUT2D eigenvalue weighted by atomic mass is 9.59. The lowest BCUT2D eigenvalue weighted by molar-refractivity contribution is -0.140. The molecule has 34 heavy (non-hydrogen) atoms. The van der Waals surface area contributed by atoms with Crippen LogP contribution >= 0.6 is 11.6 Å². The summed E-state index contributed by atoms with van der Waals surface area (Å²) >= 11 is 5.92. The Labute approximate surface area is 207 Å². The van der Waals surface area contributed by atoms with Crippen LogP contribution in [-0.2, 0) is 14.3 Å². The molecule has 0 aromatic carbocycles. The molecule has 1 saturated heterocycles. The fraction of sp³-hybridized carbons (Fsp3) is 0.920. The van der Waals surface area contributed by atoms with Crippen molar-refractivity contribution in [1.29, 1.82) is 0 Å². The molecule has 4 aliphatic carbocycles. The van der Waals surface area contributed by atoms with Crippen LogP contribution in [0.15, 0.2) is 0 Å². The maximum absolute atomic E-state index is 13.8. The maximum Gasteiger partial charge on any atom is 0.246 e. The van der Waals surface area contributed by atoms with E-state index in [-0.39, 0.29) is 37.0 Å². The Kier molecular flexibility index (Phi) is 8.12. The van der Waals surface area contributed by atoms with Crippen molar-refractivity contribution in [3.8, 4) is 0 Å². The van der Waals surface area contributed by atoms with Gasteiger partial charge in [-0.05, 0) is 70.1 Å². The van der Waals surface area contributed by atoms with Gasteiger partial charge in [0.15, 0.2) is 0 Å². The number of rotatable bonds is 7. The Hall–Kier alpha value is -0.960. The first-order chi connectivity index (χ1) is 16.1. The summed E-state index contributed by atoms with van der Waals surface area (Å²) in [7, 11) is 0. The van der Waals surface area contributed by atoms with E-state index in [1.54, 1.807) is 0 Å². The molecule has 0 aromatic heterocycles. The van der Waals surface area contributed by atoms with Crippen molar-refractivity contribution < 1.29 is 23.8 Å². The van der Waals surface area contributed by atoms with Gasteiger partial charge in [-0.25, -0.2) is 4.39 Å². The predicted octanol–water partition coefficient (Wildman–Crippen LogP) is 2.72. The van der Waals surface area contributed by atoms with Crippen molar-refractivity contribution in [3.63, 3.8) is 0 Å². The minimum Gasteiger partial charge on any atom is -0.391 e. The summed E-state index contributed by atoms with van der Waals surface area (Å²) < 4.78 is 19.5. The summed E-state index contributed by atoms with van der Waals surface area (Å²) in [6.07, 6.45) is 5.33. The summed E-state index contributed by atoms with van der Waals surface area (Å²) in [6.45, 7) is 4.21. The molecule has 5 rings (SSSR count). The number of carbonyl (C=O) groups excluding carboxylic acids is 2. The third kappa shape index (κ3) is 5.71. The Bertz CT molecular complexity index is 746. The third-order valence-corrected chi connectivity index (χ3v) is 9.23. The van der Waals surface area contributed by atoms with E-state index in [0.717, 1.165) is 32.1 Å². The van der Waals surface area contributed by atoms with Crippen LogP contribution in [0, 0.1) is 5.92 Å². The van der Waals surface area contributed by atoms with Gasteiger partial charge in [0, 0.05) is 18.0 Å². The summed E-state index contributed by atoms with van der Waals surface area (Å²) in [5.41, 5.74) is -1.10. The number of aliphatic hydroxyl groups excluding tert-OH is 1. The van der Waals surface area contributed by atoms with Crippen LogP contribution in [-0.4, -0.2) is 70.4 Å². The molecule has 6 unspecified atom stereocenters. The number of nitrogens with one attached hydrogen (secondary N) is 3. The Morgan fingerprint density at radius 3 is 2.53 bits per heavy atom. The van der Waals surface area contributed by atoms with Crippen LogP contribution in [0.3, 0.4) is 0 Å². The van der Waals surface area contributed by atoms with E-state index in [2.05, 4.69) is 29.8 Å². The topological polar surface area (TPSA) is 99.7 Å². The fourth-order valence-corrected chi connectivity index (χ4v) is 6.64. The Balaban J connectivity index is 1.27. The van der Waals surface area contributed by atoms with Crippen LogP contribution in [0.25, 0.3) is 0 Å². The van der Waals surface area contributed by atoms with Gasteiger partial charge in [0.05, 0.1) is 29.2 Å². The molecule has 6 atom stereocenters. The number of carbonyl (C=O) groups is 2. The highest BCUT2D eigenvalue weighted by molar-refractivity contribution is 6.21. The predicted molar refractivity (Wildman–Crippen MR) is 128 cm³/mol. The second kappa shape index (κ2) is 10.6. The zero-order valence-electron chi connectivity index (χ0n) is 20.5. The van der Waals surface area contributed by atoms with Crippen LogP contribution < -0.4 is 16.0 Å². The molecule has 9 heteroatoms. The summed E-state index contributed by atoms with van der Waals surface area (Å²) in [5.74, 6) is 0.233. The number of piperidine rings is 1. The van der Waals surface area contributed by atoms with Gasteiger partial charge in [-0.15, -0.1) is 11.6 Å². The molecule has 5 aliphatic rings. The van der Waals surface area contributed by atoms with Crippen molar-refractivity contribution >= 4 is 23.4 Å². The summed E-state index contributed by atoms with van der Waals surface area (Å²) in [5, 5.41) is 20.3. The van der Waals surface area contributed by atoms with E-state index >= 15 is 0 Å². The van der Waals surface area contributed by atoms with Gasteiger partial charge in [0.1, 0.15) is 12.8 Å². The van der Waals surface area contributed by atoms with Crippen molar-refractivity contribution in [3.05, 3.63) is 0 Å². The normalized spacial score (nSPS) is 42.4. The number of alkyl halides is 2. The molecule has 5 fully saturated rings. The smallest absolute Gasteiger partial charge is 0.246 e. The molecule has 1 heterocycles. The maximum atomic E-state index is 13.8. The number of halogens is 2. The molecule has 0 radical (unpaired) electrons. The Morgan fingerprint density at radius 2 is 1.88 bits per heavy atom. The lowest BCUT2D eigenvalue weighted by Crippen LogP contribution is -2.71. The number of ether oxygens (including phenoxy) is 1. The minimum absolute atomic E-state index is 0.0298. The highest BCUT2D eigenvalue weighted by Gasteiger charge is 2.55. The van der Waals surface area contributed by atoms with Crippen LogP contribution in [0.1, 0.15) is 84.5 Å². The quantitative estimate of drug-likeness (QED) is 0.402. The number of amides is 2. The molecular weight excluding hydrogens is 461 g/mol. The zero-order chi connectivity index (χ0) is 24.5. The van der Waals surface area contributed by atoms with Gasteiger partial charge in [0.25, 0.3) is 0 Å². The first-order valence-electron chi connectivity index (χ1n) is 13.1. The zero-order valence-corrected chi connectivity index (χ0v) is 21.2. The van der Waals surface area contributed by atoms with Gasteiger partial charge in [-0.3, -0.25) is 9.59 Å². The van der Waals surface area contributed by atoms with Crippen molar-refractivity contribution in [2.75, 3.05) is 6.61 Å². The largest absolute Gasteiger partial charge is 0.391 e. The van der Waals surface area contributed by atoms with E-state index in [1.807, 2.05) is 0 Å².